The van der Waals surface area contributed by atoms with E-state index in [0.29, 0.717) is 11.9 Å². The summed E-state index contributed by atoms with van der Waals surface area (Å²) in [4.78, 5) is 8.72. The number of anilines is 1. The van der Waals surface area contributed by atoms with E-state index in [1.807, 2.05) is 30.3 Å². The summed E-state index contributed by atoms with van der Waals surface area (Å²) in [6.07, 6.45) is 3.16. The Bertz CT molecular complexity index is 565. The van der Waals surface area contributed by atoms with E-state index in [2.05, 4.69) is 16.0 Å². The smallest absolute Gasteiger partial charge is 0.220 e. The lowest BCUT2D eigenvalue weighted by molar-refractivity contribution is 0.0663. The van der Waals surface area contributed by atoms with Gasteiger partial charge in [0.2, 0.25) is 5.95 Å². The van der Waals surface area contributed by atoms with Crippen molar-refractivity contribution in [2.75, 3.05) is 18.9 Å². The van der Waals surface area contributed by atoms with Crippen LogP contribution in [0, 0.1) is 5.92 Å². The van der Waals surface area contributed by atoms with Crippen LogP contribution >= 0.6 is 0 Å². The predicted molar refractivity (Wildman–Crippen MR) is 79.1 cm³/mol. The summed E-state index contributed by atoms with van der Waals surface area (Å²) in [5.74, 6) is 0.995. The highest BCUT2D eigenvalue weighted by molar-refractivity contribution is 5.60. The minimum atomic E-state index is 0.355. The van der Waals surface area contributed by atoms with E-state index < -0.39 is 0 Å². The van der Waals surface area contributed by atoms with Gasteiger partial charge in [-0.05, 0) is 31.2 Å². The molecule has 1 aliphatic rings. The molecule has 1 aromatic heterocycles. The van der Waals surface area contributed by atoms with Crippen molar-refractivity contribution in [1.82, 2.24) is 9.97 Å². The average Bonchev–Trinajstić information content (AvgIpc) is 2.49. The molecule has 0 atom stereocenters. The van der Waals surface area contributed by atoms with E-state index in [4.69, 9.17) is 10.5 Å². The quantitative estimate of drug-likeness (QED) is 0.930. The van der Waals surface area contributed by atoms with Crippen molar-refractivity contribution in [3.05, 3.63) is 42.1 Å². The van der Waals surface area contributed by atoms with Crippen LogP contribution in [-0.2, 0) is 11.2 Å². The van der Waals surface area contributed by atoms with E-state index >= 15 is 0 Å². The zero-order chi connectivity index (χ0) is 13.8. The lowest BCUT2D eigenvalue weighted by Gasteiger charge is -2.21. The van der Waals surface area contributed by atoms with E-state index in [1.54, 1.807) is 0 Å². The number of aromatic nitrogens is 2. The summed E-state index contributed by atoms with van der Waals surface area (Å²) < 4.78 is 5.40. The van der Waals surface area contributed by atoms with Gasteiger partial charge in [-0.3, -0.25) is 0 Å². The Labute approximate surface area is 119 Å². The second kappa shape index (κ2) is 6.01. The molecule has 4 heteroatoms. The van der Waals surface area contributed by atoms with Crippen LogP contribution in [-0.4, -0.2) is 23.2 Å². The van der Waals surface area contributed by atoms with E-state index in [1.165, 1.54) is 0 Å². The topological polar surface area (TPSA) is 61.0 Å². The molecule has 0 bridgehead atoms. The molecule has 1 aliphatic heterocycles. The monoisotopic (exact) mass is 269 g/mol. The third kappa shape index (κ3) is 3.14. The minimum absolute atomic E-state index is 0.355. The molecule has 1 aromatic carbocycles. The summed E-state index contributed by atoms with van der Waals surface area (Å²) in [7, 11) is 0. The van der Waals surface area contributed by atoms with E-state index in [9.17, 15) is 0 Å². The van der Waals surface area contributed by atoms with Crippen LogP contribution in [0.2, 0.25) is 0 Å². The SMILES string of the molecule is Nc1nc(CC2CCOCC2)cc(-c2ccccc2)n1. The predicted octanol–water partition coefficient (Wildman–Crippen LogP) is 2.69. The minimum Gasteiger partial charge on any atom is -0.381 e. The fourth-order valence-corrected chi connectivity index (χ4v) is 2.63. The molecule has 20 heavy (non-hydrogen) atoms. The summed E-state index contributed by atoms with van der Waals surface area (Å²) in [5, 5.41) is 0. The van der Waals surface area contributed by atoms with Gasteiger partial charge in [-0.2, -0.15) is 0 Å². The van der Waals surface area contributed by atoms with Crippen molar-refractivity contribution >= 4 is 5.95 Å². The number of rotatable bonds is 3. The van der Waals surface area contributed by atoms with Crippen molar-refractivity contribution in [3.63, 3.8) is 0 Å². The molecule has 0 unspecified atom stereocenters. The average molecular weight is 269 g/mol. The number of nitrogen functional groups attached to an aromatic ring is 1. The van der Waals surface area contributed by atoms with Crippen LogP contribution in [0.5, 0.6) is 0 Å². The third-order valence-electron chi connectivity index (χ3n) is 3.70. The summed E-state index contributed by atoms with van der Waals surface area (Å²) in [5.41, 5.74) is 8.87. The number of ether oxygens (including phenoxy) is 1. The summed E-state index contributed by atoms with van der Waals surface area (Å²) in [6, 6.07) is 12.1. The van der Waals surface area contributed by atoms with Crippen LogP contribution in [0.3, 0.4) is 0 Å². The Hall–Kier alpha value is -1.94. The van der Waals surface area contributed by atoms with Crippen molar-refractivity contribution < 1.29 is 4.74 Å². The van der Waals surface area contributed by atoms with E-state index in [0.717, 1.165) is 49.4 Å². The molecule has 0 radical (unpaired) electrons. The molecule has 1 fully saturated rings. The molecule has 0 amide bonds. The Kier molecular flexibility index (Phi) is 3.92. The Morgan fingerprint density at radius 1 is 1.10 bits per heavy atom. The molecule has 0 aliphatic carbocycles. The summed E-state index contributed by atoms with van der Waals surface area (Å²) in [6.45, 7) is 1.72. The third-order valence-corrected chi connectivity index (χ3v) is 3.70. The van der Waals surface area contributed by atoms with Crippen LogP contribution < -0.4 is 5.73 Å². The summed E-state index contributed by atoms with van der Waals surface area (Å²) >= 11 is 0. The zero-order valence-electron chi connectivity index (χ0n) is 11.5. The molecule has 104 valence electrons. The first kappa shape index (κ1) is 13.1. The van der Waals surface area contributed by atoms with Crippen molar-refractivity contribution in [2.45, 2.75) is 19.3 Å². The van der Waals surface area contributed by atoms with Gasteiger partial charge in [0, 0.05) is 24.5 Å². The largest absolute Gasteiger partial charge is 0.381 e. The van der Waals surface area contributed by atoms with Gasteiger partial charge < -0.3 is 10.5 Å². The molecule has 0 saturated carbocycles. The van der Waals surface area contributed by atoms with Gasteiger partial charge in [0.1, 0.15) is 0 Å². The number of nitrogens with two attached hydrogens (primary N) is 1. The molecule has 4 nitrogen and oxygen atoms in total. The number of hydrogen-bond donors (Lipinski definition) is 1. The highest BCUT2D eigenvalue weighted by Crippen LogP contribution is 2.23. The van der Waals surface area contributed by atoms with Gasteiger partial charge in [-0.25, -0.2) is 9.97 Å². The first-order valence-electron chi connectivity index (χ1n) is 7.08. The first-order valence-corrected chi connectivity index (χ1v) is 7.08. The van der Waals surface area contributed by atoms with Gasteiger partial charge in [-0.15, -0.1) is 0 Å². The van der Waals surface area contributed by atoms with Crippen molar-refractivity contribution in [3.8, 4) is 11.3 Å². The molecular weight excluding hydrogens is 250 g/mol. The lowest BCUT2D eigenvalue weighted by Crippen LogP contribution is -2.18. The molecule has 2 N–H and O–H groups in total. The number of benzene rings is 1. The molecule has 3 rings (SSSR count). The van der Waals surface area contributed by atoms with Crippen LogP contribution in [0.25, 0.3) is 11.3 Å². The van der Waals surface area contributed by atoms with Crippen LogP contribution in [0.15, 0.2) is 36.4 Å². The van der Waals surface area contributed by atoms with Crippen LogP contribution in [0.1, 0.15) is 18.5 Å². The molecule has 2 heterocycles. The second-order valence-electron chi connectivity index (χ2n) is 5.23. The standard InChI is InChI=1S/C16H19N3O/c17-16-18-14(10-12-6-8-20-9-7-12)11-15(19-16)13-4-2-1-3-5-13/h1-5,11-12H,6-10H2,(H2,17,18,19). The second-order valence-corrected chi connectivity index (χ2v) is 5.23. The highest BCUT2D eigenvalue weighted by Gasteiger charge is 2.16. The Balaban J connectivity index is 1.83. The number of nitrogens with zero attached hydrogens (tertiary/aromatic N) is 2. The van der Waals surface area contributed by atoms with Gasteiger partial charge in [0.05, 0.1) is 5.69 Å². The molecule has 1 saturated heterocycles. The van der Waals surface area contributed by atoms with Gasteiger partial charge in [-0.1, -0.05) is 30.3 Å². The highest BCUT2D eigenvalue weighted by atomic mass is 16.5. The van der Waals surface area contributed by atoms with Gasteiger partial charge in [0.15, 0.2) is 0 Å². The first-order chi connectivity index (χ1) is 9.81. The Morgan fingerprint density at radius 2 is 1.85 bits per heavy atom. The van der Waals surface area contributed by atoms with Crippen LogP contribution in [0.4, 0.5) is 5.95 Å². The number of hydrogen-bond acceptors (Lipinski definition) is 4. The van der Waals surface area contributed by atoms with Crippen molar-refractivity contribution in [2.24, 2.45) is 5.92 Å². The fourth-order valence-electron chi connectivity index (χ4n) is 2.63. The maximum absolute atomic E-state index is 5.85. The zero-order valence-corrected chi connectivity index (χ0v) is 11.5. The maximum atomic E-state index is 5.85. The van der Waals surface area contributed by atoms with E-state index in [-0.39, 0.29) is 0 Å². The Morgan fingerprint density at radius 3 is 2.60 bits per heavy atom. The van der Waals surface area contributed by atoms with Crippen molar-refractivity contribution in [1.29, 1.82) is 0 Å². The lowest BCUT2D eigenvalue weighted by atomic mass is 9.94. The van der Waals surface area contributed by atoms with Gasteiger partial charge >= 0.3 is 0 Å². The molecule has 2 aromatic rings. The normalized spacial score (nSPS) is 16.2. The molecule has 0 spiro atoms. The molecular formula is C16H19N3O. The fraction of sp³-hybridized carbons (Fsp3) is 0.375. The van der Waals surface area contributed by atoms with Gasteiger partial charge in [0.25, 0.3) is 0 Å². The maximum Gasteiger partial charge on any atom is 0.220 e.